The van der Waals surface area contributed by atoms with E-state index >= 15 is 0 Å². The molecule has 2 atom stereocenters. The minimum Gasteiger partial charge on any atom is -0.337 e. The molecular formula is C19H11ClF2N6O3. The molecule has 2 aliphatic heterocycles. The second-order valence-corrected chi connectivity index (χ2v) is 7.26. The fourth-order valence-electron chi connectivity index (χ4n) is 3.43. The van der Waals surface area contributed by atoms with Crippen LogP contribution in [0.3, 0.4) is 0 Å². The third-order valence-electron chi connectivity index (χ3n) is 4.87. The number of benzene rings is 2. The Morgan fingerprint density at radius 3 is 2.68 bits per heavy atom. The number of imide groups is 1. The summed E-state index contributed by atoms with van der Waals surface area (Å²) in [6, 6.07) is 7.48. The lowest BCUT2D eigenvalue weighted by atomic mass is 10.1. The Morgan fingerprint density at radius 1 is 1.06 bits per heavy atom. The number of hydrogen-bond donors (Lipinski definition) is 0. The highest BCUT2D eigenvalue weighted by atomic mass is 35.5. The Morgan fingerprint density at radius 2 is 1.90 bits per heavy atom. The van der Waals surface area contributed by atoms with Crippen molar-refractivity contribution in [1.82, 2.24) is 15.1 Å². The number of carbonyl (C=O) groups is 2. The van der Waals surface area contributed by atoms with Gasteiger partial charge in [0.05, 0.1) is 5.69 Å². The first-order valence-corrected chi connectivity index (χ1v) is 9.39. The molecule has 9 nitrogen and oxygen atoms in total. The van der Waals surface area contributed by atoms with Gasteiger partial charge in [0.25, 0.3) is 11.8 Å². The Balaban J connectivity index is 1.37. The van der Waals surface area contributed by atoms with E-state index in [1.165, 1.54) is 5.01 Å². The van der Waals surface area contributed by atoms with Crippen LogP contribution in [0.1, 0.15) is 5.89 Å². The van der Waals surface area contributed by atoms with Crippen molar-refractivity contribution in [1.29, 1.82) is 0 Å². The standard InChI is InChI=1S/C19H11ClF2N6O3/c20-10-3-1-2-9(6-10)17-23-14(31-25-17)8-27-16-15(24-26-27)18(29)28(19(16)30)11-4-5-12(21)13(22)7-11/h1-7,15-16H,8H2/t15-,16+/m0/s1. The minimum atomic E-state index is -1.17. The summed E-state index contributed by atoms with van der Waals surface area (Å²) in [5.41, 5.74) is 0.555. The molecular weight excluding hydrogens is 434 g/mol. The topological polar surface area (TPSA) is 104 Å². The van der Waals surface area contributed by atoms with Crippen molar-refractivity contribution in [3.63, 3.8) is 0 Å². The van der Waals surface area contributed by atoms with Crippen molar-refractivity contribution in [2.75, 3.05) is 4.90 Å². The van der Waals surface area contributed by atoms with E-state index in [4.69, 9.17) is 16.1 Å². The number of amides is 2. The molecule has 0 unspecified atom stereocenters. The van der Waals surface area contributed by atoms with Crippen molar-refractivity contribution >= 4 is 29.1 Å². The third-order valence-corrected chi connectivity index (χ3v) is 5.10. The van der Waals surface area contributed by atoms with Crippen LogP contribution in [-0.4, -0.2) is 39.0 Å². The number of nitrogens with zero attached hydrogens (tertiary/aromatic N) is 6. The first kappa shape index (κ1) is 19.2. The molecule has 0 bridgehead atoms. The fraction of sp³-hybridized carbons (Fsp3) is 0.158. The van der Waals surface area contributed by atoms with E-state index in [0.717, 1.165) is 23.1 Å². The molecule has 1 saturated heterocycles. The number of fused-ring (bicyclic) bond motifs is 1. The van der Waals surface area contributed by atoms with Gasteiger partial charge in [-0.25, -0.2) is 13.7 Å². The summed E-state index contributed by atoms with van der Waals surface area (Å²) in [5.74, 6) is -3.18. The number of carbonyl (C=O) groups excluding carboxylic acids is 2. The van der Waals surface area contributed by atoms with Gasteiger partial charge >= 0.3 is 0 Å². The predicted molar refractivity (Wildman–Crippen MR) is 102 cm³/mol. The van der Waals surface area contributed by atoms with Crippen molar-refractivity contribution in [3.05, 3.63) is 65.0 Å². The van der Waals surface area contributed by atoms with Crippen molar-refractivity contribution in [2.24, 2.45) is 10.3 Å². The molecule has 0 saturated carbocycles. The molecule has 156 valence electrons. The van der Waals surface area contributed by atoms with Gasteiger partial charge in [0, 0.05) is 16.7 Å². The molecule has 31 heavy (non-hydrogen) atoms. The zero-order chi connectivity index (χ0) is 21.7. The Kier molecular flexibility index (Phi) is 4.47. The SMILES string of the molecule is O=C1[C@H]2N=NN(Cc3nc(-c4cccc(Cl)c4)no3)[C@H]2C(=O)N1c1ccc(F)c(F)c1. The van der Waals surface area contributed by atoms with Gasteiger partial charge in [0.2, 0.25) is 11.7 Å². The third kappa shape index (κ3) is 3.22. The van der Waals surface area contributed by atoms with Crippen molar-refractivity contribution in [3.8, 4) is 11.4 Å². The Bertz CT molecular complexity index is 1250. The number of hydrogen-bond acceptors (Lipinski definition) is 8. The maximum Gasteiger partial charge on any atom is 0.263 e. The van der Waals surface area contributed by atoms with Crippen LogP contribution in [0.15, 0.2) is 57.3 Å². The zero-order valence-corrected chi connectivity index (χ0v) is 16.2. The molecule has 3 aromatic rings. The minimum absolute atomic E-state index is 0.0805. The van der Waals surface area contributed by atoms with Crippen LogP contribution in [0.2, 0.25) is 5.02 Å². The van der Waals surface area contributed by atoms with Gasteiger partial charge in [-0.2, -0.15) is 10.1 Å². The summed E-state index contributed by atoms with van der Waals surface area (Å²) in [6.45, 7) is -0.0805. The summed E-state index contributed by atoms with van der Waals surface area (Å²) in [6.07, 6.45) is 0. The van der Waals surface area contributed by atoms with Crippen LogP contribution in [0, 0.1) is 11.6 Å². The molecule has 2 amide bonds. The summed E-state index contributed by atoms with van der Waals surface area (Å²) in [7, 11) is 0. The predicted octanol–water partition coefficient (Wildman–Crippen LogP) is 3.16. The normalized spacial score (nSPS) is 20.1. The van der Waals surface area contributed by atoms with Gasteiger partial charge in [0.1, 0.15) is 6.54 Å². The van der Waals surface area contributed by atoms with Crippen LogP contribution >= 0.6 is 11.6 Å². The Labute approximate surface area is 177 Å². The Hall–Kier alpha value is -3.73. The van der Waals surface area contributed by atoms with Crippen LogP contribution in [0.5, 0.6) is 0 Å². The van der Waals surface area contributed by atoms with E-state index < -0.39 is 35.5 Å². The lowest BCUT2D eigenvalue weighted by Crippen LogP contribution is -2.39. The molecule has 0 aliphatic carbocycles. The van der Waals surface area contributed by atoms with Gasteiger partial charge < -0.3 is 4.52 Å². The van der Waals surface area contributed by atoms with Gasteiger partial charge in [-0.1, -0.05) is 34.1 Å². The molecule has 5 rings (SSSR count). The first-order valence-electron chi connectivity index (χ1n) is 9.01. The van der Waals surface area contributed by atoms with Crippen LogP contribution in [0.4, 0.5) is 14.5 Å². The van der Waals surface area contributed by atoms with E-state index in [-0.39, 0.29) is 18.1 Å². The van der Waals surface area contributed by atoms with Crippen LogP contribution in [-0.2, 0) is 16.1 Å². The second kappa shape index (κ2) is 7.20. The fourth-order valence-corrected chi connectivity index (χ4v) is 3.63. The smallest absolute Gasteiger partial charge is 0.263 e. The molecule has 0 radical (unpaired) electrons. The van der Waals surface area contributed by atoms with E-state index in [2.05, 4.69) is 20.5 Å². The summed E-state index contributed by atoms with van der Waals surface area (Å²) in [4.78, 5) is 30.6. The summed E-state index contributed by atoms with van der Waals surface area (Å²) >= 11 is 5.97. The van der Waals surface area contributed by atoms with E-state index in [9.17, 15) is 18.4 Å². The number of rotatable bonds is 4. The molecule has 0 N–H and O–H groups in total. The summed E-state index contributed by atoms with van der Waals surface area (Å²) in [5, 5.41) is 13.4. The molecule has 1 aromatic heterocycles. The number of aromatic nitrogens is 2. The monoisotopic (exact) mass is 444 g/mol. The van der Waals surface area contributed by atoms with Crippen molar-refractivity contribution < 1.29 is 22.9 Å². The van der Waals surface area contributed by atoms with Gasteiger partial charge in [-0.05, 0) is 24.3 Å². The number of anilines is 1. The molecule has 1 fully saturated rings. The van der Waals surface area contributed by atoms with E-state index in [0.29, 0.717) is 16.4 Å². The lowest BCUT2D eigenvalue weighted by molar-refractivity contribution is -0.123. The molecule has 2 aliphatic rings. The average Bonchev–Trinajstić information content (AvgIpc) is 3.43. The largest absolute Gasteiger partial charge is 0.337 e. The van der Waals surface area contributed by atoms with Crippen molar-refractivity contribution in [2.45, 2.75) is 18.6 Å². The van der Waals surface area contributed by atoms with E-state index in [1.54, 1.807) is 24.3 Å². The second-order valence-electron chi connectivity index (χ2n) is 6.82. The average molecular weight is 445 g/mol. The highest BCUT2D eigenvalue weighted by Gasteiger charge is 2.55. The van der Waals surface area contributed by atoms with Gasteiger partial charge in [-0.15, -0.1) is 0 Å². The first-order chi connectivity index (χ1) is 14.9. The van der Waals surface area contributed by atoms with Crippen LogP contribution in [0.25, 0.3) is 11.4 Å². The zero-order valence-electron chi connectivity index (χ0n) is 15.4. The lowest BCUT2D eigenvalue weighted by Gasteiger charge is -2.19. The van der Waals surface area contributed by atoms with Gasteiger partial charge in [-0.3, -0.25) is 14.6 Å². The molecule has 0 spiro atoms. The van der Waals surface area contributed by atoms with Gasteiger partial charge in [0.15, 0.2) is 23.7 Å². The van der Waals surface area contributed by atoms with E-state index in [1.807, 2.05) is 0 Å². The maximum absolute atomic E-state index is 13.6. The molecule has 2 aromatic carbocycles. The molecule has 3 heterocycles. The quantitative estimate of drug-likeness (QED) is 0.572. The highest BCUT2D eigenvalue weighted by Crippen LogP contribution is 2.33. The summed E-state index contributed by atoms with van der Waals surface area (Å²) < 4.78 is 32.0. The maximum atomic E-state index is 13.6. The highest BCUT2D eigenvalue weighted by molar-refractivity contribution is 6.30. The van der Waals surface area contributed by atoms with Crippen LogP contribution < -0.4 is 4.90 Å². The molecule has 12 heteroatoms. The number of halogens is 3.